The summed E-state index contributed by atoms with van der Waals surface area (Å²) in [5, 5.41) is 8.76. The van der Waals surface area contributed by atoms with Gasteiger partial charge in [-0.25, -0.2) is 14.4 Å². The maximum Gasteiger partial charge on any atom is 0.433 e. The second-order valence-corrected chi connectivity index (χ2v) is 6.47. The summed E-state index contributed by atoms with van der Waals surface area (Å²) in [6.45, 7) is 2.43. The average Bonchev–Trinajstić information content (AvgIpc) is 2.58. The monoisotopic (exact) mass is 383 g/mol. The molecule has 0 saturated carbocycles. The number of carbonyl (C=O) groups is 1. The molecule has 2 aromatic rings. The molecule has 0 radical (unpaired) electrons. The summed E-state index contributed by atoms with van der Waals surface area (Å²) < 4.78 is 53.7. The lowest BCUT2D eigenvalue weighted by molar-refractivity contribution is -0.141. The number of hydrogen-bond acceptors (Lipinski definition) is 4. The molecule has 1 aromatic carbocycles. The first-order valence-electron chi connectivity index (χ1n) is 8.38. The predicted octanol–water partition coefficient (Wildman–Crippen LogP) is 3.92. The van der Waals surface area contributed by atoms with Crippen molar-refractivity contribution in [3.63, 3.8) is 0 Å². The lowest BCUT2D eigenvalue weighted by Crippen LogP contribution is -2.46. The second-order valence-electron chi connectivity index (χ2n) is 6.47. The summed E-state index contributed by atoms with van der Waals surface area (Å²) in [5.74, 6) is -1.72. The van der Waals surface area contributed by atoms with Gasteiger partial charge in [0.2, 0.25) is 5.95 Å². The molecule has 0 spiro atoms. The van der Waals surface area contributed by atoms with E-state index in [9.17, 15) is 22.4 Å². The molecule has 3 rings (SSSR count). The lowest BCUT2D eigenvalue weighted by Gasteiger charge is -2.39. The number of halogens is 4. The fraction of sp³-hybridized carbons (Fsp3) is 0.389. The Morgan fingerprint density at radius 3 is 2.59 bits per heavy atom. The minimum Gasteiger partial charge on any atom is -0.481 e. The SMILES string of the molecule is C[C@H]1CCN1c1nc(-c2ccc(F)c(CCC(=O)O)c2)cc(C(F)(F)F)n1. The second kappa shape index (κ2) is 7.13. The molecule has 0 aliphatic carbocycles. The molecule has 1 aromatic heterocycles. The Bertz CT molecular complexity index is 870. The van der Waals surface area contributed by atoms with Crippen LogP contribution in [0.25, 0.3) is 11.3 Å². The third kappa shape index (κ3) is 4.17. The number of anilines is 1. The fourth-order valence-electron chi connectivity index (χ4n) is 2.84. The van der Waals surface area contributed by atoms with Crippen LogP contribution >= 0.6 is 0 Å². The third-order valence-electron chi connectivity index (χ3n) is 4.53. The minimum absolute atomic E-state index is 0.0167. The van der Waals surface area contributed by atoms with Crippen molar-refractivity contribution in [3.05, 3.63) is 41.3 Å². The highest BCUT2D eigenvalue weighted by Crippen LogP contribution is 2.34. The van der Waals surface area contributed by atoms with Crippen molar-refractivity contribution in [2.24, 2.45) is 0 Å². The first-order valence-corrected chi connectivity index (χ1v) is 8.38. The van der Waals surface area contributed by atoms with Crippen molar-refractivity contribution in [3.8, 4) is 11.3 Å². The Morgan fingerprint density at radius 2 is 2.04 bits per heavy atom. The van der Waals surface area contributed by atoms with Crippen LogP contribution in [0.15, 0.2) is 24.3 Å². The first-order chi connectivity index (χ1) is 12.6. The van der Waals surface area contributed by atoms with Crippen LogP contribution in [-0.4, -0.2) is 33.6 Å². The summed E-state index contributed by atoms with van der Waals surface area (Å²) in [6, 6.07) is 4.63. The molecule has 5 nitrogen and oxygen atoms in total. The van der Waals surface area contributed by atoms with Gasteiger partial charge >= 0.3 is 12.1 Å². The number of benzene rings is 1. The van der Waals surface area contributed by atoms with Crippen LogP contribution < -0.4 is 4.90 Å². The van der Waals surface area contributed by atoms with Gasteiger partial charge in [0, 0.05) is 24.6 Å². The van der Waals surface area contributed by atoms with E-state index in [4.69, 9.17) is 5.11 Å². The number of carboxylic acids is 1. The molecule has 144 valence electrons. The number of aryl methyl sites for hydroxylation is 1. The number of aromatic nitrogens is 2. The Hall–Kier alpha value is -2.71. The molecular weight excluding hydrogens is 366 g/mol. The molecular formula is C18H17F4N3O2. The first kappa shape index (κ1) is 19.1. The molecule has 1 N–H and O–H groups in total. The van der Waals surface area contributed by atoms with Gasteiger partial charge in [-0.3, -0.25) is 4.79 Å². The number of aliphatic carboxylic acids is 1. The predicted molar refractivity (Wildman–Crippen MR) is 89.8 cm³/mol. The van der Waals surface area contributed by atoms with Gasteiger partial charge in [0.05, 0.1) is 5.69 Å². The molecule has 1 fully saturated rings. The summed E-state index contributed by atoms with van der Waals surface area (Å²) >= 11 is 0. The quantitative estimate of drug-likeness (QED) is 0.793. The van der Waals surface area contributed by atoms with Gasteiger partial charge in [0.15, 0.2) is 5.69 Å². The van der Waals surface area contributed by atoms with Crippen molar-refractivity contribution in [2.75, 3.05) is 11.4 Å². The topological polar surface area (TPSA) is 66.3 Å². The molecule has 0 unspecified atom stereocenters. The zero-order valence-electron chi connectivity index (χ0n) is 14.4. The number of alkyl halides is 3. The summed E-state index contributed by atoms with van der Waals surface area (Å²) in [6.07, 6.45) is -4.16. The van der Waals surface area contributed by atoms with Gasteiger partial charge < -0.3 is 10.0 Å². The molecule has 2 heterocycles. The molecule has 27 heavy (non-hydrogen) atoms. The van der Waals surface area contributed by atoms with Crippen LogP contribution in [0.4, 0.5) is 23.5 Å². The highest BCUT2D eigenvalue weighted by molar-refractivity contribution is 5.67. The number of rotatable bonds is 5. The van der Waals surface area contributed by atoms with E-state index in [1.54, 1.807) is 4.90 Å². The standard InChI is InChI=1S/C18H17F4N3O2/c1-10-6-7-25(10)17-23-14(9-15(24-17)18(20,21)22)12-2-4-13(19)11(8-12)3-5-16(26)27/h2,4,8-10H,3,5-7H2,1H3,(H,26,27)/t10-/m0/s1. The smallest absolute Gasteiger partial charge is 0.433 e. The summed E-state index contributed by atoms with van der Waals surface area (Å²) in [4.78, 5) is 20.3. The third-order valence-corrected chi connectivity index (χ3v) is 4.53. The van der Waals surface area contributed by atoms with Gasteiger partial charge in [-0.05, 0) is 49.6 Å². The van der Waals surface area contributed by atoms with Crippen LogP contribution in [0.1, 0.15) is 31.0 Å². The van der Waals surface area contributed by atoms with Crippen molar-refractivity contribution in [2.45, 2.75) is 38.4 Å². The maximum atomic E-state index is 13.9. The Kier molecular flexibility index (Phi) is 5.03. The van der Waals surface area contributed by atoms with Crippen molar-refractivity contribution < 1.29 is 27.5 Å². The maximum absolute atomic E-state index is 13.9. The normalized spacial score (nSPS) is 16.9. The van der Waals surface area contributed by atoms with Crippen molar-refractivity contribution in [1.29, 1.82) is 0 Å². The van der Waals surface area contributed by atoms with Crippen molar-refractivity contribution >= 4 is 11.9 Å². The molecule has 1 aliphatic rings. The van der Waals surface area contributed by atoms with Gasteiger partial charge in [-0.15, -0.1) is 0 Å². The molecule has 1 atom stereocenters. The molecule has 9 heteroatoms. The van der Waals surface area contributed by atoms with E-state index in [1.165, 1.54) is 12.1 Å². The van der Waals surface area contributed by atoms with E-state index < -0.39 is 23.7 Å². The molecule has 0 bridgehead atoms. The average molecular weight is 383 g/mol. The van der Waals surface area contributed by atoms with Gasteiger partial charge in [-0.2, -0.15) is 13.2 Å². The Morgan fingerprint density at radius 1 is 1.30 bits per heavy atom. The van der Waals surface area contributed by atoms with Crippen LogP contribution in [-0.2, 0) is 17.4 Å². The summed E-state index contributed by atoms with van der Waals surface area (Å²) in [7, 11) is 0. The number of carboxylic acid groups (broad SMARTS) is 1. The van der Waals surface area contributed by atoms with E-state index in [0.717, 1.165) is 18.6 Å². The summed E-state index contributed by atoms with van der Waals surface area (Å²) in [5.41, 5.74) is -0.666. The fourth-order valence-corrected chi connectivity index (χ4v) is 2.84. The van der Waals surface area contributed by atoms with Gasteiger partial charge in [0.1, 0.15) is 5.82 Å². The Labute approximate surface area is 152 Å². The zero-order valence-corrected chi connectivity index (χ0v) is 14.4. The van der Waals surface area contributed by atoms with E-state index >= 15 is 0 Å². The van der Waals surface area contributed by atoms with E-state index in [-0.39, 0.29) is 41.7 Å². The van der Waals surface area contributed by atoms with Crippen LogP contribution in [0.5, 0.6) is 0 Å². The zero-order chi connectivity index (χ0) is 19.8. The van der Waals surface area contributed by atoms with Crippen LogP contribution in [0, 0.1) is 5.82 Å². The highest BCUT2D eigenvalue weighted by Gasteiger charge is 2.36. The molecule has 1 aliphatic heterocycles. The van der Waals surface area contributed by atoms with Gasteiger partial charge in [-0.1, -0.05) is 0 Å². The van der Waals surface area contributed by atoms with Crippen LogP contribution in [0.3, 0.4) is 0 Å². The largest absolute Gasteiger partial charge is 0.481 e. The van der Waals surface area contributed by atoms with E-state index in [2.05, 4.69) is 9.97 Å². The minimum atomic E-state index is -4.65. The lowest BCUT2D eigenvalue weighted by atomic mass is 10.0. The molecule has 0 amide bonds. The number of nitrogens with zero attached hydrogens (tertiary/aromatic N) is 3. The van der Waals surface area contributed by atoms with E-state index in [1.807, 2.05) is 6.92 Å². The van der Waals surface area contributed by atoms with E-state index in [0.29, 0.717) is 6.54 Å². The Balaban J connectivity index is 2.03. The molecule has 1 saturated heterocycles. The highest BCUT2D eigenvalue weighted by atomic mass is 19.4. The van der Waals surface area contributed by atoms with Gasteiger partial charge in [0.25, 0.3) is 0 Å². The van der Waals surface area contributed by atoms with Crippen LogP contribution in [0.2, 0.25) is 0 Å². The van der Waals surface area contributed by atoms with Crippen molar-refractivity contribution in [1.82, 2.24) is 9.97 Å². The number of hydrogen-bond donors (Lipinski definition) is 1.